The number of halogens is 1. The Labute approximate surface area is 116 Å². The number of rotatable bonds is 4. The third-order valence-corrected chi connectivity index (χ3v) is 5.36. The summed E-state index contributed by atoms with van der Waals surface area (Å²) in [4.78, 5) is 0.732. The summed E-state index contributed by atoms with van der Waals surface area (Å²) in [5.41, 5.74) is 6.40. The molecule has 1 unspecified atom stereocenters. The van der Waals surface area contributed by atoms with Gasteiger partial charge in [0.15, 0.2) is 0 Å². The van der Waals surface area contributed by atoms with E-state index in [1.165, 1.54) is 32.1 Å². The van der Waals surface area contributed by atoms with Crippen molar-refractivity contribution in [1.82, 2.24) is 0 Å². The van der Waals surface area contributed by atoms with Gasteiger partial charge in [-0.3, -0.25) is 4.21 Å². The molecule has 1 aliphatic carbocycles. The molecule has 1 fully saturated rings. The predicted octanol–water partition coefficient (Wildman–Crippen LogP) is 4.00. The Balaban J connectivity index is 1.90. The van der Waals surface area contributed by atoms with Crippen LogP contribution in [0, 0.1) is 5.92 Å². The van der Waals surface area contributed by atoms with Gasteiger partial charge in [0.2, 0.25) is 0 Å². The number of benzene rings is 1. The highest BCUT2D eigenvalue weighted by atomic mass is 35.5. The van der Waals surface area contributed by atoms with Gasteiger partial charge in [0, 0.05) is 16.5 Å². The second-order valence-electron chi connectivity index (χ2n) is 5.02. The van der Waals surface area contributed by atoms with E-state index in [2.05, 4.69) is 0 Å². The summed E-state index contributed by atoms with van der Waals surface area (Å²) in [6.07, 6.45) is 7.68. The molecule has 0 aliphatic heterocycles. The van der Waals surface area contributed by atoms with Gasteiger partial charge in [-0.25, -0.2) is 0 Å². The lowest BCUT2D eigenvalue weighted by molar-refractivity contribution is 0.351. The number of hydrogen-bond acceptors (Lipinski definition) is 2. The fourth-order valence-corrected chi connectivity index (χ4v) is 4.08. The van der Waals surface area contributed by atoms with Crippen molar-refractivity contribution in [1.29, 1.82) is 0 Å². The van der Waals surface area contributed by atoms with Crippen LogP contribution in [0.1, 0.15) is 38.5 Å². The van der Waals surface area contributed by atoms with Crippen molar-refractivity contribution in [2.75, 3.05) is 11.5 Å². The maximum absolute atomic E-state index is 12.2. The van der Waals surface area contributed by atoms with E-state index in [0.29, 0.717) is 10.7 Å². The molecular formula is C14H20ClNOS. The third kappa shape index (κ3) is 3.72. The molecule has 0 saturated heterocycles. The van der Waals surface area contributed by atoms with Crippen LogP contribution >= 0.6 is 11.6 Å². The molecule has 0 aromatic heterocycles. The molecule has 0 spiro atoms. The molecule has 2 nitrogen and oxygen atoms in total. The molecule has 1 aliphatic rings. The Hall–Kier alpha value is -0.540. The highest BCUT2D eigenvalue weighted by Crippen LogP contribution is 2.28. The highest BCUT2D eigenvalue weighted by molar-refractivity contribution is 7.85. The minimum atomic E-state index is -0.989. The van der Waals surface area contributed by atoms with E-state index < -0.39 is 10.8 Å². The third-order valence-electron chi connectivity index (χ3n) is 3.65. The first-order valence-corrected chi connectivity index (χ1v) is 8.30. The van der Waals surface area contributed by atoms with Crippen LogP contribution in [0.2, 0.25) is 5.02 Å². The second-order valence-corrected chi connectivity index (χ2v) is 7.00. The Morgan fingerprint density at radius 2 is 2.00 bits per heavy atom. The average Bonchev–Trinajstić information content (AvgIpc) is 2.37. The first-order chi connectivity index (χ1) is 8.66. The van der Waals surface area contributed by atoms with Gasteiger partial charge >= 0.3 is 0 Å². The maximum atomic E-state index is 12.2. The fraction of sp³-hybridized carbons (Fsp3) is 0.571. The second kappa shape index (κ2) is 6.58. The van der Waals surface area contributed by atoms with Gasteiger partial charge in [-0.2, -0.15) is 0 Å². The van der Waals surface area contributed by atoms with E-state index in [0.717, 1.165) is 23.0 Å². The highest BCUT2D eigenvalue weighted by Gasteiger charge is 2.16. The van der Waals surface area contributed by atoms with Crippen molar-refractivity contribution < 1.29 is 4.21 Å². The minimum Gasteiger partial charge on any atom is -0.398 e. The molecule has 2 N–H and O–H groups in total. The molecule has 4 heteroatoms. The zero-order chi connectivity index (χ0) is 13.0. The van der Waals surface area contributed by atoms with Gasteiger partial charge in [0.25, 0.3) is 0 Å². The minimum absolute atomic E-state index is 0.546. The number of hydrogen-bond donors (Lipinski definition) is 1. The maximum Gasteiger partial charge on any atom is 0.0618 e. The topological polar surface area (TPSA) is 43.1 Å². The Bertz CT molecular complexity index is 430. The number of nitrogens with two attached hydrogens (primary N) is 1. The Morgan fingerprint density at radius 1 is 1.28 bits per heavy atom. The van der Waals surface area contributed by atoms with Crippen molar-refractivity contribution in [3.8, 4) is 0 Å². The Kier molecular flexibility index (Phi) is 5.07. The van der Waals surface area contributed by atoms with Crippen LogP contribution in [-0.2, 0) is 10.8 Å². The molecule has 0 radical (unpaired) electrons. The van der Waals surface area contributed by atoms with Crippen molar-refractivity contribution in [3.05, 3.63) is 23.2 Å². The molecule has 1 saturated carbocycles. The van der Waals surface area contributed by atoms with Crippen molar-refractivity contribution in [2.45, 2.75) is 43.4 Å². The summed E-state index contributed by atoms with van der Waals surface area (Å²) >= 11 is 5.84. The van der Waals surface area contributed by atoms with Crippen LogP contribution in [-0.4, -0.2) is 9.96 Å². The van der Waals surface area contributed by atoms with Gasteiger partial charge in [-0.05, 0) is 30.5 Å². The molecule has 2 rings (SSSR count). The lowest BCUT2D eigenvalue weighted by atomic mass is 9.88. The van der Waals surface area contributed by atoms with Gasteiger partial charge in [-0.1, -0.05) is 43.7 Å². The molecule has 1 atom stereocenters. The molecule has 1 aromatic rings. The van der Waals surface area contributed by atoms with Gasteiger partial charge in [0.05, 0.1) is 15.7 Å². The lowest BCUT2D eigenvalue weighted by Crippen LogP contribution is -2.11. The smallest absolute Gasteiger partial charge is 0.0618 e. The number of anilines is 1. The largest absolute Gasteiger partial charge is 0.398 e. The summed E-state index contributed by atoms with van der Waals surface area (Å²) < 4.78 is 12.2. The average molecular weight is 286 g/mol. The number of nitrogen functional groups attached to an aromatic ring is 1. The van der Waals surface area contributed by atoms with Crippen molar-refractivity contribution in [2.24, 2.45) is 5.92 Å². The summed E-state index contributed by atoms with van der Waals surface area (Å²) in [6.45, 7) is 0. The Morgan fingerprint density at radius 3 is 2.67 bits per heavy atom. The summed E-state index contributed by atoms with van der Waals surface area (Å²) in [5.74, 6) is 1.48. The quantitative estimate of drug-likeness (QED) is 0.850. The molecule has 18 heavy (non-hydrogen) atoms. The summed E-state index contributed by atoms with van der Waals surface area (Å²) in [6, 6.07) is 5.22. The zero-order valence-electron chi connectivity index (χ0n) is 10.5. The van der Waals surface area contributed by atoms with Crippen molar-refractivity contribution >= 4 is 28.1 Å². The van der Waals surface area contributed by atoms with Gasteiger partial charge in [0.1, 0.15) is 0 Å². The molecule has 100 valence electrons. The van der Waals surface area contributed by atoms with E-state index in [-0.39, 0.29) is 0 Å². The van der Waals surface area contributed by atoms with Crippen LogP contribution in [0.15, 0.2) is 23.1 Å². The first-order valence-electron chi connectivity index (χ1n) is 6.60. The van der Waals surface area contributed by atoms with Crippen LogP contribution in [0.25, 0.3) is 0 Å². The van der Waals surface area contributed by atoms with Crippen LogP contribution < -0.4 is 5.73 Å². The van der Waals surface area contributed by atoms with E-state index in [1.54, 1.807) is 18.2 Å². The van der Waals surface area contributed by atoms with E-state index in [4.69, 9.17) is 17.3 Å². The molecule has 0 heterocycles. The fourth-order valence-electron chi connectivity index (χ4n) is 2.59. The van der Waals surface area contributed by atoms with E-state index in [1.807, 2.05) is 0 Å². The van der Waals surface area contributed by atoms with Gasteiger partial charge < -0.3 is 5.73 Å². The summed E-state index contributed by atoms with van der Waals surface area (Å²) in [7, 11) is -0.989. The SMILES string of the molecule is Nc1cc(Cl)ccc1S(=O)CCC1CCCCC1. The monoisotopic (exact) mass is 285 g/mol. The van der Waals surface area contributed by atoms with Crippen LogP contribution in [0.4, 0.5) is 5.69 Å². The summed E-state index contributed by atoms with van der Waals surface area (Å²) in [5, 5.41) is 0.598. The first kappa shape index (κ1) is 13.9. The molecular weight excluding hydrogens is 266 g/mol. The molecule has 1 aromatic carbocycles. The zero-order valence-corrected chi connectivity index (χ0v) is 12.1. The van der Waals surface area contributed by atoms with Gasteiger partial charge in [-0.15, -0.1) is 0 Å². The molecule has 0 bridgehead atoms. The van der Waals surface area contributed by atoms with Crippen molar-refractivity contribution in [3.63, 3.8) is 0 Å². The lowest BCUT2D eigenvalue weighted by Gasteiger charge is -2.21. The predicted molar refractivity (Wildman–Crippen MR) is 78.3 cm³/mol. The standard InChI is InChI=1S/C14H20ClNOS/c15-12-6-7-14(13(16)10-12)18(17)9-8-11-4-2-1-3-5-11/h6-7,10-11H,1-5,8-9,16H2. The van der Waals surface area contributed by atoms with E-state index in [9.17, 15) is 4.21 Å². The molecule has 0 amide bonds. The van der Waals surface area contributed by atoms with Crippen LogP contribution in [0.5, 0.6) is 0 Å². The van der Waals surface area contributed by atoms with E-state index >= 15 is 0 Å². The normalized spacial score (nSPS) is 18.7. The van der Waals surface area contributed by atoms with Crippen LogP contribution in [0.3, 0.4) is 0 Å².